The van der Waals surface area contributed by atoms with E-state index in [-0.39, 0.29) is 0 Å². The zero-order valence-corrected chi connectivity index (χ0v) is 13.4. The maximum absolute atomic E-state index is 5.98. The lowest BCUT2D eigenvalue weighted by molar-refractivity contribution is 0.248. The van der Waals surface area contributed by atoms with E-state index in [4.69, 9.17) is 20.9 Å². The molecule has 0 amide bonds. The number of hydrogen-bond donors (Lipinski definition) is 1. The first kappa shape index (κ1) is 15.9. The van der Waals surface area contributed by atoms with Gasteiger partial charge in [-0.05, 0) is 43.1 Å². The van der Waals surface area contributed by atoms with Gasteiger partial charge >= 0.3 is 0 Å². The number of ether oxygens (including phenoxy) is 1. The van der Waals surface area contributed by atoms with Crippen molar-refractivity contribution in [1.82, 2.24) is 10.5 Å². The molecule has 5 heteroatoms. The number of benzene rings is 1. The summed E-state index contributed by atoms with van der Waals surface area (Å²) >= 11 is 5.98. The highest BCUT2D eigenvalue weighted by molar-refractivity contribution is 6.31. The van der Waals surface area contributed by atoms with E-state index in [1.165, 1.54) is 0 Å². The van der Waals surface area contributed by atoms with Gasteiger partial charge in [-0.1, -0.05) is 30.6 Å². The van der Waals surface area contributed by atoms with Crippen LogP contribution in [0.15, 0.2) is 28.8 Å². The van der Waals surface area contributed by atoms with Crippen molar-refractivity contribution in [3.05, 3.63) is 46.3 Å². The molecule has 21 heavy (non-hydrogen) atoms. The number of hydrogen-bond acceptors (Lipinski definition) is 4. The third-order valence-electron chi connectivity index (χ3n) is 2.98. The number of aryl methyl sites for hydroxylation is 1. The summed E-state index contributed by atoms with van der Waals surface area (Å²) in [6.45, 7) is 8.32. The molecule has 0 saturated heterocycles. The zero-order valence-electron chi connectivity index (χ0n) is 12.6. The van der Waals surface area contributed by atoms with Crippen LogP contribution in [-0.2, 0) is 13.2 Å². The largest absolute Gasteiger partial charge is 0.486 e. The fourth-order valence-corrected chi connectivity index (χ4v) is 1.98. The third kappa shape index (κ3) is 5.06. The number of nitrogens with zero attached hydrogens (tertiary/aromatic N) is 1. The summed E-state index contributed by atoms with van der Waals surface area (Å²) in [4.78, 5) is 0. The van der Waals surface area contributed by atoms with Gasteiger partial charge in [0.25, 0.3) is 0 Å². The molecule has 0 aliphatic rings. The van der Waals surface area contributed by atoms with E-state index in [0.717, 1.165) is 28.6 Å². The van der Waals surface area contributed by atoms with Gasteiger partial charge in [-0.25, -0.2) is 0 Å². The van der Waals surface area contributed by atoms with Crippen LogP contribution in [-0.4, -0.2) is 11.7 Å². The molecular formula is C16H21ClN2O2. The molecule has 1 heterocycles. The number of halogens is 1. The van der Waals surface area contributed by atoms with Crippen molar-refractivity contribution in [3.8, 4) is 5.75 Å². The van der Waals surface area contributed by atoms with Crippen molar-refractivity contribution in [2.24, 2.45) is 5.92 Å². The highest BCUT2D eigenvalue weighted by Crippen LogP contribution is 2.21. The van der Waals surface area contributed by atoms with Crippen molar-refractivity contribution in [2.75, 3.05) is 6.54 Å². The summed E-state index contributed by atoms with van der Waals surface area (Å²) in [5.74, 6) is 2.10. The Hall–Kier alpha value is -1.52. The van der Waals surface area contributed by atoms with E-state index >= 15 is 0 Å². The Morgan fingerprint density at radius 1 is 1.33 bits per heavy atom. The molecule has 0 unspecified atom stereocenters. The normalized spacial score (nSPS) is 11.1. The van der Waals surface area contributed by atoms with Gasteiger partial charge in [0.05, 0.1) is 5.69 Å². The van der Waals surface area contributed by atoms with Gasteiger partial charge in [0.15, 0.2) is 5.76 Å². The van der Waals surface area contributed by atoms with Crippen LogP contribution in [0.4, 0.5) is 0 Å². The molecule has 1 aromatic heterocycles. The van der Waals surface area contributed by atoms with Crippen molar-refractivity contribution in [1.29, 1.82) is 0 Å². The molecule has 0 aliphatic heterocycles. The van der Waals surface area contributed by atoms with Gasteiger partial charge < -0.3 is 14.6 Å². The van der Waals surface area contributed by atoms with Crippen molar-refractivity contribution in [3.63, 3.8) is 0 Å². The standard InChI is InChI=1S/C16H21ClN2O2/c1-11(2)8-18-9-13-7-15(21-19-13)10-20-14-4-5-16(17)12(3)6-14/h4-7,11,18H,8-10H2,1-3H3. The van der Waals surface area contributed by atoms with Crippen LogP contribution in [0, 0.1) is 12.8 Å². The maximum Gasteiger partial charge on any atom is 0.174 e. The summed E-state index contributed by atoms with van der Waals surface area (Å²) in [5, 5.41) is 8.08. The van der Waals surface area contributed by atoms with Gasteiger partial charge in [-0.2, -0.15) is 0 Å². The van der Waals surface area contributed by atoms with Gasteiger partial charge in [-0.15, -0.1) is 0 Å². The molecule has 0 atom stereocenters. The molecule has 2 aromatic rings. The van der Waals surface area contributed by atoms with E-state index in [1.54, 1.807) is 0 Å². The summed E-state index contributed by atoms with van der Waals surface area (Å²) in [6, 6.07) is 7.49. The average Bonchev–Trinajstić information content (AvgIpc) is 2.88. The Labute approximate surface area is 130 Å². The molecule has 0 bridgehead atoms. The topological polar surface area (TPSA) is 47.3 Å². The quantitative estimate of drug-likeness (QED) is 0.841. The monoisotopic (exact) mass is 308 g/mol. The molecule has 1 aromatic carbocycles. The fourth-order valence-electron chi connectivity index (χ4n) is 1.86. The number of nitrogens with one attached hydrogen (secondary N) is 1. The summed E-state index contributed by atoms with van der Waals surface area (Å²) < 4.78 is 10.9. The Kier molecular flexibility index (Phi) is 5.65. The highest BCUT2D eigenvalue weighted by atomic mass is 35.5. The van der Waals surface area contributed by atoms with Gasteiger partial charge in [0.2, 0.25) is 0 Å². The van der Waals surface area contributed by atoms with Crippen LogP contribution in [0.25, 0.3) is 0 Å². The predicted octanol–water partition coefficient (Wildman–Crippen LogP) is 3.96. The molecule has 114 valence electrons. The molecular weight excluding hydrogens is 288 g/mol. The van der Waals surface area contributed by atoms with Gasteiger partial charge in [0, 0.05) is 17.6 Å². The second kappa shape index (κ2) is 7.48. The Morgan fingerprint density at radius 2 is 2.14 bits per heavy atom. The fraction of sp³-hybridized carbons (Fsp3) is 0.438. The SMILES string of the molecule is Cc1cc(OCc2cc(CNCC(C)C)no2)ccc1Cl. The van der Waals surface area contributed by atoms with Crippen LogP contribution in [0.1, 0.15) is 30.9 Å². The van der Waals surface area contributed by atoms with Gasteiger partial charge in [0.1, 0.15) is 12.4 Å². The Balaban J connectivity index is 1.83. The second-order valence-electron chi connectivity index (χ2n) is 5.51. The minimum Gasteiger partial charge on any atom is -0.486 e. The Bertz CT molecular complexity index is 581. The van der Waals surface area contributed by atoms with E-state index < -0.39 is 0 Å². The first-order valence-corrected chi connectivity index (χ1v) is 7.46. The van der Waals surface area contributed by atoms with E-state index in [0.29, 0.717) is 24.8 Å². The maximum atomic E-state index is 5.98. The Morgan fingerprint density at radius 3 is 2.86 bits per heavy atom. The zero-order chi connectivity index (χ0) is 15.2. The first-order valence-electron chi connectivity index (χ1n) is 7.08. The molecule has 0 aliphatic carbocycles. The van der Waals surface area contributed by atoms with Crippen LogP contribution in [0.5, 0.6) is 5.75 Å². The number of aromatic nitrogens is 1. The second-order valence-corrected chi connectivity index (χ2v) is 5.92. The first-order chi connectivity index (χ1) is 10.0. The lowest BCUT2D eigenvalue weighted by atomic mass is 10.2. The lowest BCUT2D eigenvalue weighted by Crippen LogP contribution is -2.19. The van der Waals surface area contributed by atoms with Crippen LogP contribution < -0.4 is 10.1 Å². The molecule has 0 radical (unpaired) electrons. The summed E-state index contributed by atoms with van der Waals surface area (Å²) in [5.41, 5.74) is 1.88. The van der Waals surface area contributed by atoms with Crippen molar-refractivity contribution >= 4 is 11.6 Å². The van der Waals surface area contributed by atoms with E-state index in [9.17, 15) is 0 Å². The molecule has 2 rings (SSSR count). The highest BCUT2D eigenvalue weighted by Gasteiger charge is 2.06. The van der Waals surface area contributed by atoms with E-state index in [2.05, 4.69) is 24.3 Å². The minimum atomic E-state index is 0.359. The molecule has 0 fully saturated rings. The average molecular weight is 309 g/mol. The smallest absolute Gasteiger partial charge is 0.174 e. The van der Waals surface area contributed by atoms with Crippen molar-refractivity contribution < 1.29 is 9.26 Å². The van der Waals surface area contributed by atoms with Crippen LogP contribution in [0.2, 0.25) is 5.02 Å². The predicted molar refractivity (Wildman–Crippen MR) is 83.6 cm³/mol. The van der Waals surface area contributed by atoms with Crippen molar-refractivity contribution in [2.45, 2.75) is 33.9 Å². The summed E-state index contributed by atoms with van der Waals surface area (Å²) in [6.07, 6.45) is 0. The lowest BCUT2D eigenvalue weighted by Gasteiger charge is -2.05. The summed E-state index contributed by atoms with van der Waals surface area (Å²) in [7, 11) is 0. The van der Waals surface area contributed by atoms with Gasteiger partial charge in [-0.3, -0.25) is 0 Å². The van der Waals surface area contributed by atoms with Crippen LogP contribution >= 0.6 is 11.6 Å². The minimum absolute atomic E-state index is 0.359. The third-order valence-corrected chi connectivity index (χ3v) is 3.40. The molecule has 0 saturated carbocycles. The molecule has 1 N–H and O–H groups in total. The number of rotatable bonds is 7. The van der Waals surface area contributed by atoms with E-state index in [1.807, 2.05) is 31.2 Å². The molecule has 0 spiro atoms. The van der Waals surface area contributed by atoms with Crippen LogP contribution in [0.3, 0.4) is 0 Å². The molecule has 4 nitrogen and oxygen atoms in total.